The molecule has 7 nitrogen and oxygen atoms in total. The topological polar surface area (TPSA) is 70.0 Å². The molecule has 200 valence electrons. The van der Waals surface area contributed by atoms with Gasteiger partial charge in [0.1, 0.15) is 11.5 Å². The van der Waals surface area contributed by atoms with E-state index in [2.05, 4.69) is 32.5 Å². The summed E-state index contributed by atoms with van der Waals surface area (Å²) < 4.78 is 2.46. The maximum Gasteiger partial charge on any atom is 0.270 e. The van der Waals surface area contributed by atoms with Crippen molar-refractivity contribution < 1.29 is 0 Å². The maximum atomic E-state index is 12.9. The fraction of sp³-hybridized carbons (Fsp3) is 0.516. The molecule has 1 N–H and O–H groups in total. The van der Waals surface area contributed by atoms with E-state index in [0.717, 1.165) is 53.6 Å². The molecule has 6 rings (SSSR count). The van der Waals surface area contributed by atoms with E-state index in [1.807, 2.05) is 36.4 Å². The van der Waals surface area contributed by atoms with Crippen LogP contribution in [-0.2, 0) is 19.4 Å². The summed E-state index contributed by atoms with van der Waals surface area (Å²) in [6.45, 7) is 6.92. The molecule has 2 aromatic carbocycles. The molecule has 2 aromatic heterocycles. The molecule has 0 unspecified atom stereocenters. The summed E-state index contributed by atoms with van der Waals surface area (Å²) in [5.41, 5.74) is 5.25. The van der Waals surface area contributed by atoms with Crippen LogP contribution in [0.3, 0.4) is 0 Å². The Labute approximate surface area is 224 Å². The van der Waals surface area contributed by atoms with Gasteiger partial charge in [-0.3, -0.25) is 4.79 Å². The predicted molar refractivity (Wildman–Crippen MR) is 154 cm³/mol. The van der Waals surface area contributed by atoms with Gasteiger partial charge >= 0.3 is 0 Å². The predicted octanol–water partition coefficient (Wildman–Crippen LogP) is 4.62. The SMILES string of the molecule is CN1CCC(Cc2nc3cc4[nH]c(=O)c(Cc5ccccc5)nc4cc3n2CCCN2CCCCC2)CC1. The lowest BCUT2D eigenvalue weighted by atomic mass is 9.93. The minimum absolute atomic E-state index is 0.117. The number of H-pyrrole nitrogens is 1. The molecule has 0 aliphatic carbocycles. The van der Waals surface area contributed by atoms with E-state index in [-0.39, 0.29) is 5.56 Å². The van der Waals surface area contributed by atoms with Gasteiger partial charge in [0.2, 0.25) is 0 Å². The summed E-state index contributed by atoms with van der Waals surface area (Å²) in [6, 6.07) is 14.3. The van der Waals surface area contributed by atoms with Crippen molar-refractivity contribution in [2.24, 2.45) is 5.92 Å². The summed E-state index contributed by atoms with van der Waals surface area (Å²) in [5, 5.41) is 0. The number of fused-ring (bicyclic) bond motifs is 2. The van der Waals surface area contributed by atoms with Crippen LogP contribution in [0, 0.1) is 5.92 Å². The number of aryl methyl sites for hydroxylation is 1. The largest absolute Gasteiger partial charge is 0.328 e. The van der Waals surface area contributed by atoms with Gasteiger partial charge in [-0.1, -0.05) is 36.8 Å². The third kappa shape index (κ3) is 5.69. The third-order valence-electron chi connectivity index (χ3n) is 8.54. The third-order valence-corrected chi connectivity index (χ3v) is 8.54. The van der Waals surface area contributed by atoms with Crippen LogP contribution < -0.4 is 5.56 Å². The Kier molecular flexibility index (Phi) is 7.56. The normalized spacial score (nSPS) is 18.0. The average molecular weight is 513 g/mol. The molecule has 2 saturated heterocycles. The van der Waals surface area contributed by atoms with Crippen LogP contribution in [0.5, 0.6) is 0 Å². The molecule has 2 aliphatic heterocycles. The highest BCUT2D eigenvalue weighted by molar-refractivity contribution is 5.91. The van der Waals surface area contributed by atoms with Gasteiger partial charge in [-0.2, -0.15) is 0 Å². The van der Waals surface area contributed by atoms with E-state index < -0.39 is 0 Å². The van der Waals surface area contributed by atoms with E-state index >= 15 is 0 Å². The Hall–Kier alpha value is -3.03. The van der Waals surface area contributed by atoms with Crippen molar-refractivity contribution in [1.29, 1.82) is 0 Å². The summed E-state index contributed by atoms with van der Waals surface area (Å²) in [4.78, 5) is 31.0. The van der Waals surface area contributed by atoms with Crippen LogP contribution in [0.2, 0.25) is 0 Å². The fourth-order valence-electron chi connectivity index (χ4n) is 6.27. The molecule has 0 radical (unpaired) electrons. The van der Waals surface area contributed by atoms with Crippen molar-refractivity contribution in [2.75, 3.05) is 39.8 Å². The lowest BCUT2D eigenvalue weighted by Gasteiger charge is -2.29. The van der Waals surface area contributed by atoms with Crippen LogP contribution >= 0.6 is 0 Å². The van der Waals surface area contributed by atoms with Gasteiger partial charge in [-0.25, -0.2) is 9.97 Å². The first kappa shape index (κ1) is 25.3. The second kappa shape index (κ2) is 11.4. The second-order valence-electron chi connectivity index (χ2n) is 11.4. The molecular formula is C31H40N6O. The van der Waals surface area contributed by atoms with Gasteiger partial charge in [-0.15, -0.1) is 0 Å². The molecule has 7 heteroatoms. The van der Waals surface area contributed by atoms with E-state index in [9.17, 15) is 4.79 Å². The van der Waals surface area contributed by atoms with Gasteiger partial charge < -0.3 is 19.4 Å². The van der Waals surface area contributed by atoms with Crippen LogP contribution in [0.25, 0.3) is 22.1 Å². The average Bonchev–Trinajstić information content (AvgIpc) is 3.26. The second-order valence-corrected chi connectivity index (χ2v) is 11.4. The minimum atomic E-state index is -0.117. The smallest absolute Gasteiger partial charge is 0.270 e. The van der Waals surface area contributed by atoms with Gasteiger partial charge in [0.15, 0.2) is 0 Å². The van der Waals surface area contributed by atoms with Gasteiger partial charge in [-0.05, 0) is 95.5 Å². The van der Waals surface area contributed by atoms with Gasteiger partial charge in [0.05, 0.1) is 22.1 Å². The standard InChI is InChI=1S/C31H40N6O/c1-35-17-11-24(12-18-35)20-30-33-27-21-25-26(32-28(31(38)34-25)19-23-9-4-2-5-10-23)22-29(27)37(30)16-8-15-36-13-6-3-7-14-36/h2,4-5,9-10,21-22,24H,3,6-8,11-20H2,1H3,(H,34,38). The van der Waals surface area contributed by atoms with E-state index in [0.29, 0.717) is 18.0 Å². The Bertz CT molecular complexity index is 1430. The highest BCUT2D eigenvalue weighted by atomic mass is 16.1. The number of piperidine rings is 2. The van der Waals surface area contributed by atoms with Crippen molar-refractivity contribution in [3.8, 4) is 0 Å². The Morgan fingerprint density at radius 2 is 1.71 bits per heavy atom. The summed E-state index contributed by atoms with van der Waals surface area (Å²) >= 11 is 0. The van der Waals surface area contributed by atoms with Gasteiger partial charge in [0, 0.05) is 19.4 Å². The number of nitrogens with one attached hydrogen (secondary N) is 1. The number of aromatic amines is 1. The number of benzene rings is 2. The number of rotatable bonds is 8. The number of nitrogens with zero attached hydrogens (tertiary/aromatic N) is 5. The monoisotopic (exact) mass is 512 g/mol. The Balaban J connectivity index is 1.32. The molecular weight excluding hydrogens is 472 g/mol. The molecule has 38 heavy (non-hydrogen) atoms. The molecule has 2 fully saturated rings. The summed E-state index contributed by atoms with van der Waals surface area (Å²) in [7, 11) is 2.22. The van der Waals surface area contributed by atoms with Crippen molar-refractivity contribution >= 4 is 22.1 Å². The first-order valence-electron chi connectivity index (χ1n) is 14.5. The van der Waals surface area contributed by atoms with E-state index in [1.54, 1.807) is 0 Å². The highest BCUT2D eigenvalue weighted by Crippen LogP contribution is 2.26. The van der Waals surface area contributed by atoms with Crippen molar-refractivity contribution in [1.82, 2.24) is 29.3 Å². The Morgan fingerprint density at radius 1 is 0.921 bits per heavy atom. The lowest BCUT2D eigenvalue weighted by Crippen LogP contribution is -2.32. The van der Waals surface area contributed by atoms with Crippen LogP contribution in [0.4, 0.5) is 0 Å². The van der Waals surface area contributed by atoms with Crippen LogP contribution in [-0.4, -0.2) is 69.1 Å². The van der Waals surface area contributed by atoms with E-state index in [4.69, 9.17) is 9.97 Å². The Morgan fingerprint density at radius 3 is 2.50 bits per heavy atom. The molecule has 0 amide bonds. The number of hydrogen-bond acceptors (Lipinski definition) is 5. The summed E-state index contributed by atoms with van der Waals surface area (Å²) in [5.74, 6) is 1.86. The lowest BCUT2D eigenvalue weighted by molar-refractivity contribution is 0.214. The molecule has 0 spiro atoms. The number of likely N-dealkylation sites (tertiary alicyclic amines) is 2. The van der Waals surface area contributed by atoms with Crippen LogP contribution in [0.15, 0.2) is 47.3 Å². The van der Waals surface area contributed by atoms with Crippen molar-refractivity contribution in [3.05, 3.63) is 69.9 Å². The zero-order valence-corrected chi connectivity index (χ0v) is 22.7. The highest BCUT2D eigenvalue weighted by Gasteiger charge is 2.21. The first-order chi connectivity index (χ1) is 18.6. The summed E-state index contributed by atoms with van der Waals surface area (Å²) in [6.07, 6.45) is 9.17. The van der Waals surface area contributed by atoms with Crippen molar-refractivity contribution in [3.63, 3.8) is 0 Å². The zero-order chi connectivity index (χ0) is 25.9. The van der Waals surface area contributed by atoms with Crippen LogP contribution in [0.1, 0.15) is 55.6 Å². The fourth-order valence-corrected chi connectivity index (χ4v) is 6.27. The maximum absolute atomic E-state index is 12.9. The number of imidazole rings is 1. The molecule has 0 saturated carbocycles. The number of hydrogen-bond donors (Lipinski definition) is 1. The minimum Gasteiger partial charge on any atom is -0.328 e. The van der Waals surface area contributed by atoms with Gasteiger partial charge in [0.25, 0.3) is 5.56 Å². The molecule has 0 atom stereocenters. The number of aromatic nitrogens is 4. The quantitative estimate of drug-likeness (QED) is 0.373. The molecule has 2 aliphatic rings. The molecule has 4 heterocycles. The first-order valence-corrected chi connectivity index (χ1v) is 14.5. The van der Waals surface area contributed by atoms with E-state index in [1.165, 1.54) is 64.1 Å². The molecule has 4 aromatic rings. The zero-order valence-electron chi connectivity index (χ0n) is 22.7. The van der Waals surface area contributed by atoms with Crippen molar-refractivity contribution in [2.45, 2.75) is 57.9 Å². The molecule has 0 bridgehead atoms.